The molecule has 0 radical (unpaired) electrons. The molecule has 1 N–H and O–H groups in total. The number of β-amino-alcohol motifs (C(OH)–C–C–N with tert-alkyl or cyclic N) is 1. The fourth-order valence-electron chi connectivity index (χ4n) is 3.04. The molecule has 0 spiro atoms. The Morgan fingerprint density at radius 3 is 2.65 bits per heavy atom. The lowest BCUT2D eigenvalue weighted by molar-refractivity contribution is 0.0550. The van der Waals surface area contributed by atoms with Crippen LogP contribution in [0.4, 0.5) is 0 Å². The third kappa shape index (κ3) is 4.56. The van der Waals surface area contributed by atoms with Crippen molar-refractivity contribution in [2.45, 2.75) is 31.9 Å². The number of ether oxygens (including phenoxy) is 1. The molecule has 1 fully saturated rings. The summed E-state index contributed by atoms with van der Waals surface area (Å²) < 4.78 is 7.70. The normalized spacial score (nSPS) is 18.0. The van der Waals surface area contributed by atoms with E-state index < -0.39 is 6.10 Å². The van der Waals surface area contributed by atoms with E-state index in [2.05, 4.69) is 10.00 Å². The van der Waals surface area contributed by atoms with Crippen molar-refractivity contribution in [1.29, 1.82) is 0 Å². The quantitative estimate of drug-likeness (QED) is 0.888. The summed E-state index contributed by atoms with van der Waals surface area (Å²) in [7, 11) is 0. The van der Waals surface area contributed by atoms with E-state index in [9.17, 15) is 5.11 Å². The fourth-order valence-corrected chi connectivity index (χ4v) is 3.04. The van der Waals surface area contributed by atoms with Crippen LogP contribution < -0.4 is 4.74 Å². The second-order valence-electron chi connectivity index (χ2n) is 6.30. The number of benzene rings is 1. The van der Waals surface area contributed by atoms with Crippen LogP contribution in [0.3, 0.4) is 0 Å². The standard InChI is InChI=1S/C18H25N3O2/c1-15-3-5-18(6-4-15)23-14-17(22)13-20-11-7-16(8-12-20)21-10-2-9-19-21/h2-6,9-10,16-17,22H,7-8,11-14H2,1H3. The highest BCUT2D eigenvalue weighted by Crippen LogP contribution is 2.21. The van der Waals surface area contributed by atoms with Crippen LogP contribution in [0.5, 0.6) is 5.75 Å². The Kier molecular flexibility index (Phi) is 5.31. The van der Waals surface area contributed by atoms with Crippen LogP contribution in [0.1, 0.15) is 24.4 Å². The van der Waals surface area contributed by atoms with Crippen molar-refractivity contribution in [2.75, 3.05) is 26.2 Å². The van der Waals surface area contributed by atoms with Crippen molar-refractivity contribution in [3.8, 4) is 5.75 Å². The maximum absolute atomic E-state index is 10.2. The number of nitrogens with zero attached hydrogens (tertiary/aromatic N) is 3. The first-order chi connectivity index (χ1) is 11.2. The number of likely N-dealkylation sites (tertiary alicyclic amines) is 1. The summed E-state index contributed by atoms with van der Waals surface area (Å²) in [6.07, 6.45) is 5.56. The molecule has 5 heteroatoms. The van der Waals surface area contributed by atoms with Gasteiger partial charge in [-0.1, -0.05) is 17.7 Å². The van der Waals surface area contributed by atoms with Gasteiger partial charge in [0.15, 0.2) is 0 Å². The zero-order chi connectivity index (χ0) is 16.1. The van der Waals surface area contributed by atoms with Gasteiger partial charge in [0.05, 0.1) is 6.04 Å². The topological polar surface area (TPSA) is 50.5 Å². The Labute approximate surface area is 137 Å². The van der Waals surface area contributed by atoms with Gasteiger partial charge in [-0.25, -0.2) is 0 Å². The number of hydrogen-bond acceptors (Lipinski definition) is 4. The van der Waals surface area contributed by atoms with E-state index >= 15 is 0 Å². The van der Waals surface area contributed by atoms with Gasteiger partial charge in [-0.3, -0.25) is 4.68 Å². The van der Waals surface area contributed by atoms with Crippen LogP contribution >= 0.6 is 0 Å². The average molecular weight is 315 g/mol. The summed E-state index contributed by atoms with van der Waals surface area (Å²) >= 11 is 0. The zero-order valence-electron chi connectivity index (χ0n) is 13.6. The van der Waals surface area contributed by atoms with E-state index in [1.807, 2.05) is 54.3 Å². The molecule has 3 rings (SSSR count). The Morgan fingerprint density at radius 1 is 1.26 bits per heavy atom. The highest BCUT2D eigenvalue weighted by molar-refractivity contribution is 5.26. The van der Waals surface area contributed by atoms with Crippen LogP contribution in [-0.2, 0) is 0 Å². The second kappa shape index (κ2) is 7.62. The van der Waals surface area contributed by atoms with Crippen molar-refractivity contribution in [3.63, 3.8) is 0 Å². The monoisotopic (exact) mass is 315 g/mol. The smallest absolute Gasteiger partial charge is 0.119 e. The van der Waals surface area contributed by atoms with E-state index in [0.717, 1.165) is 31.7 Å². The summed E-state index contributed by atoms with van der Waals surface area (Å²) in [5, 5.41) is 14.5. The summed E-state index contributed by atoms with van der Waals surface area (Å²) in [5.74, 6) is 0.812. The summed E-state index contributed by atoms with van der Waals surface area (Å²) in [4.78, 5) is 2.31. The number of rotatable bonds is 6. The largest absolute Gasteiger partial charge is 0.491 e. The van der Waals surface area contributed by atoms with Gasteiger partial charge in [-0.2, -0.15) is 5.10 Å². The lowest BCUT2D eigenvalue weighted by Gasteiger charge is -2.33. The first kappa shape index (κ1) is 16.0. The minimum Gasteiger partial charge on any atom is -0.491 e. The molecule has 1 aromatic heterocycles. The van der Waals surface area contributed by atoms with Gasteiger partial charge in [-0.05, 0) is 38.0 Å². The van der Waals surface area contributed by atoms with Gasteiger partial charge in [0.2, 0.25) is 0 Å². The number of aromatic nitrogens is 2. The second-order valence-corrected chi connectivity index (χ2v) is 6.30. The van der Waals surface area contributed by atoms with Crippen LogP contribution in [0.2, 0.25) is 0 Å². The van der Waals surface area contributed by atoms with Crippen molar-refractivity contribution in [2.24, 2.45) is 0 Å². The highest BCUT2D eigenvalue weighted by atomic mass is 16.5. The third-order valence-corrected chi connectivity index (χ3v) is 4.39. The van der Waals surface area contributed by atoms with E-state index in [1.165, 1.54) is 5.56 Å². The van der Waals surface area contributed by atoms with Gasteiger partial charge in [-0.15, -0.1) is 0 Å². The SMILES string of the molecule is Cc1ccc(OCC(O)CN2CCC(n3cccn3)CC2)cc1. The molecule has 2 aromatic rings. The van der Waals surface area contributed by atoms with Crippen LogP contribution in [-0.4, -0.2) is 52.1 Å². The minimum atomic E-state index is -0.461. The fraction of sp³-hybridized carbons (Fsp3) is 0.500. The Balaban J connectivity index is 1.39. The predicted octanol–water partition coefficient (Wildman–Crippen LogP) is 2.27. The average Bonchev–Trinajstić information content (AvgIpc) is 3.09. The third-order valence-electron chi connectivity index (χ3n) is 4.39. The number of hydrogen-bond donors (Lipinski definition) is 1. The Hall–Kier alpha value is -1.85. The zero-order valence-corrected chi connectivity index (χ0v) is 13.6. The molecule has 1 aromatic carbocycles. The number of aliphatic hydroxyl groups is 1. The molecule has 1 saturated heterocycles. The molecule has 1 aliphatic heterocycles. The Bertz CT molecular complexity index is 575. The summed E-state index contributed by atoms with van der Waals surface area (Å²) in [6, 6.07) is 10.4. The van der Waals surface area contributed by atoms with Gasteiger partial charge >= 0.3 is 0 Å². The lowest BCUT2D eigenvalue weighted by atomic mass is 10.1. The van der Waals surface area contributed by atoms with E-state index in [4.69, 9.17) is 4.74 Å². The van der Waals surface area contributed by atoms with Crippen LogP contribution in [0.15, 0.2) is 42.7 Å². The highest BCUT2D eigenvalue weighted by Gasteiger charge is 2.22. The molecule has 23 heavy (non-hydrogen) atoms. The molecule has 1 unspecified atom stereocenters. The Morgan fingerprint density at radius 2 is 2.00 bits per heavy atom. The minimum absolute atomic E-state index is 0.335. The first-order valence-electron chi connectivity index (χ1n) is 8.30. The molecular weight excluding hydrogens is 290 g/mol. The van der Waals surface area contributed by atoms with Crippen LogP contribution in [0.25, 0.3) is 0 Å². The molecule has 0 aliphatic carbocycles. The van der Waals surface area contributed by atoms with Crippen LogP contribution in [0, 0.1) is 6.92 Å². The van der Waals surface area contributed by atoms with Crippen molar-refractivity contribution in [3.05, 3.63) is 48.3 Å². The van der Waals surface area contributed by atoms with Crippen molar-refractivity contribution in [1.82, 2.24) is 14.7 Å². The van der Waals surface area contributed by atoms with Gasteiger partial charge in [0.1, 0.15) is 18.5 Å². The lowest BCUT2D eigenvalue weighted by Crippen LogP contribution is -2.41. The van der Waals surface area contributed by atoms with E-state index in [0.29, 0.717) is 19.2 Å². The van der Waals surface area contributed by atoms with Gasteiger partial charge < -0.3 is 14.7 Å². The summed E-state index contributed by atoms with van der Waals surface area (Å²) in [6.45, 7) is 5.03. The maximum atomic E-state index is 10.2. The molecule has 1 aliphatic rings. The summed E-state index contributed by atoms with van der Waals surface area (Å²) in [5.41, 5.74) is 1.21. The molecule has 0 amide bonds. The maximum Gasteiger partial charge on any atom is 0.119 e. The first-order valence-corrected chi connectivity index (χ1v) is 8.30. The van der Waals surface area contributed by atoms with Gasteiger partial charge in [0, 0.05) is 32.0 Å². The number of aliphatic hydroxyl groups excluding tert-OH is 1. The molecular formula is C18H25N3O2. The molecule has 0 saturated carbocycles. The predicted molar refractivity (Wildman–Crippen MR) is 89.6 cm³/mol. The number of piperidine rings is 1. The van der Waals surface area contributed by atoms with Gasteiger partial charge in [0.25, 0.3) is 0 Å². The van der Waals surface area contributed by atoms with Crippen molar-refractivity contribution < 1.29 is 9.84 Å². The molecule has 2 heterocycles. The van der Waals surface area contributed by atoms with E-state index in [-0.39, 0.29) is 0 Å². The van der Waals surface area contributed by atoms with E-state index in [1.54, 1.807) is 0 Å². The molecule has 1 atom stereocenters. The molecule has 5 nitrogen and oxygen atoms in total. The number of aryl methyl sites for hydroxylation is 1. The molecule has 124 valence electrons. The molecule has 0 bridgehead atoms. The van der Waals surface area contributed by atoms with Crippen molar-refractivity contribution >= 4 is 0 Å².